The van der Waals surface area contributed by atoms with Crippen LogP contribution in [0.2, 0.25) is 0 Å². The maximum atomic E-state index is 5.79. The Labute approximate surface area is 90.5 Å². The molecule has 0 spiro atoms. The average Bonchev–Trinajstić information content (AvgIpc) is 2.83. The second kappa shape index (κ2) is 3.10. The molecule has 1 aromatic carbocycles. The Morgan fingerprint density at radius 2 is 2.07 bits per heavy atom. The van der Waals surface area contributed by atoms with Crippen molar-refractivity contribution in [3.05, 3.63) is 35.8 Å². The van der Waals surface area contributed by atoms with E-state index in [4.69, 9.17) is 5.73 Å². The van der Waals surface area contributed by atoms with E-state index in [9.17, 15) is 0 Å². The van der Waals surface area contributed by atoms with Gasteiger partial charge in [0.05, 0.1) is 0 Å². The third kappa shape index (κ3) is 1.22. The van der Waals surface area contributed by atoms with E-state index in [1.165, 1.54) is 10.1 Å². The minimum atomic E-state index is 0.554. The van der Waals surface area contributed by atoms with Crippen molar-refractivity contribution < 1.29 is 0 Å². The smallest absolute Gasteiger partial charge is 0.153 e. The SMILES string of the molecule is Nc1n[nH]cc1-c1csc2ccccc12. The van der Waals surface area contributed by atoms with Gasteiger partial charge in [0.15, 0.2) is 5.82 Å². The van der Waals surface area contributed by atoms with Crippen LogP contribution in [0.25, 0.3) is 21.2 Å². The average molecular weight is 215 g/mol. The van der Waals surface area contributed by atoms with Crippen LogP contribution < -0.4 is 5.73 Å². The molecule has 3 aromatic rings. The summed E-state index contributed by atoms with van der Waals surface area (Å²) in [5.41, 5.74) is 7.92. The molecular formula is C11H9N3S. The van der Waals surface area contributed by atoms with Gasteiger partial charge in [-0.25, -0.2) is 0 Å². The van der Waals surface area contributed by atoms with Crippen LogP contribution in [0.15, 0.2) is 35.8 Å². The van der Waals surface area contributed by atoms with Crippen LogP contribution in [0, 0.1) is 0 Å². The maximum absolute atomic E-state index is 5.79. The number of hydrogen-bond donors (Lipinski definition) is 2. The number of nitrogen functional groups attached to an aromatic ring is 1. The summed E-state index contributed by atoms with van der Waals surface area (Å²) in [7, 11) is 0. The molecule has 0 fully saturated rings. The molecule has 3 nitrogen and oxygen atoms in total. The number of nitrogens with zero attached hydrogens (tertiary/aromatic N) is 1. The number of nitrogens with one attached hydrogen (secondary N) is 1. The van der Waals surface area contributed by atoms with Gasteiger partial charge < -0.3 is 5.73 Å². The van der Waals surface area contributed by atoms with Crippen molar-refractivity contribution in [3.8, 4) is 11.1 Å². The van der Waals surface area contributed by atoms with Crippen LogP contribution >= 0.6 is 11.3 Å². The van der Waals surface area contributed by atoms with Crippen LogP contribution in [0.5, 0.6) is 0 Å². The first kappa shape index (κ1) is 8.49. The van der Waals surface area contributed by atoms with Crippen LogP contribution in [0.3, 0.4) is 0 Å². The third-order valence-electron chi connectivity index (χ3n) is 2.44. The van der Waals surface area contributed by atoms with E-state index >= 15 is 0 Å². The first-order valence-corrected chi connectivity index (χ1v) is 5.50. The van der Waals surface area contributed by atoms with Crippen molar-refractivity contribution in [1.29, 1.82) is 0 Å². The van der Waals surface area contributed by atoms with Crippen molar-refractivity contribution in [2.24, 2.45) is 0 Å². The fraction of sp³-hybridized carbons (Fsp3) is 0. The third-order valence-corrected chi connectivity index (χ3v) is 3.40. The van der Waals surface area contributed by atoms with Crippen molar-refractivity contribution in [2.45, 2.75) is 0 Å². The van der Waals surface area contributed by atoms with E-state index < -0.39 is 0 Å². The molecule has 4 heteroatoms. The molecule has 3 N–H and O–H groups in total. The number of aromatic nitrogens is 2. The Morgan fingerprint density at radius 1 is 1.20 bits per heavy atom. The highest BCUT2D eigenvalue weighted by Gasteiger charge is 2.09. The summed E-state index contributed by atoms with van der Waals surface area (Å²) in [4.78, 5) is 0. The Hall–Kier alpha value is -1.81. The highest BCUT2D eigenvalue weighted by Crippen LogP contribution is 2.35. The second-order valence-corrected chi connectivity index (χ2v) is 4.24. The lowest BCUT2D eigenvalue weighted by Gasteiger charge is -1.95. The normalized spacial score (nSPS) is 10.9. The van der Waals surface area contributed by atoms with Gasteiger partial charge in [0.2, 0.25) is 0 Å². The topological polar surface area (TPSA) is 54.7 Å². The Kier molecular flexibility index (Phi) is 1.76. The standard InChI is InChI=1S/C11H9N3S/c12-11-8(5-13-14-11)9-6-15-10-4-2-1-3-7(9)10/h1-6H,(H3,12,13,14). The number of fused-ring (bicyclic) bond motifs is 1. The quantitative estimate of drug-likeness (QED) is 0.655. The molecule has 0 saturated heterocycles. The second-order valence-electron chi connectivity index (χ2n) is 3.33. The molecule has 15 heavy (non-hydrogen) atoms. The van der Waals surface area contributed by atoms with Gasteiger partial charge in [-0.05, 0) is 11.4 Å². The summed E-state index contributed by atoms with van der Waals surface area (Å²) >= 11 is 1.72. The Bertz CT molecular complexity index is 609. The van der Waals surface area contributed by atoms with Crippen molar-refractivity contribution >= 4 is 27.2 Å². The zero-order valence-electron chi connectivity index (χ0n) is 7.90. The molecule has 0 aliphatic carbocycles. The van der Waals surface area contributed by atoms with E-state index in [1.807, 2.05) is 18.3 Å². The zero-order chi connectivity index (χ0) is 10.3. The molecule has 0 amide bonds. The lowest BCUT2D eigenvalue weighted by Crippen LogP contribution is -1.86. The number of thiophene rings is 1. The number of H-pyrrole nitrogens is 1. The molecule has 2 aromatic heterocycles. The summed E-state index contributed by atoms with van der Waals surface area (Å²) in [6.45, 7) is 0. The number of nitrogens with two attached hydrogens (primary N) is 1. The van der Waals surface area contributed by atoms with E-state index in [2.05, 4.69) is 27.7 Å². The summed E-state index contributed by atoms with van der Waals surface area (Å²) in [6, 6.07) is 8.30. The first-order chi connectivity index (χ1) is 7.36. The van der Waals surface area contributed by atoms with E-state index in [0.29, 0.717) is 5.82 Å². The molecule has 2 heterocycles. The van der Waals surface area contributed by atoms with Gasteiger partial charge in [-0.15, -0.1) is 11.3 Å². The predicted molar refractivity (Wildman–Crippen MR) is 63.8 cm³/mol. The molecular weight excluding hydrogens is 206 g/mol. The van der Waals surface area contributed by atoms with Gasteiger partial charge in [-0.1, -0.05) is 18.2 Å². The van der Waals surface area contributed by atoms with Crippen LogP contribution in [0.4, 0.5) is 5.82 Å². The maximum Gasteiger partial charge on any atom is 0.153 e. The molecule has 0 aliphatic heterocycles. The molecule has 3 rings (SSSR count). The van der Waals surface area contributed by atoms with E-state index in [1.54, 1.807) is 11.3 Å². The molecule has 0 unspecified atom stereocenters. The van der Waals surface area contributed by atoms with Crippen LogP contribution in [-0.2, 0) is 0 Å². The van der Waals surface area contributed by atoms with Gasteiger partial charge in [0.25, 0.3) is 0 Å². The minimum absolute atomic E-state index is 0.554. The fourth-order valence-electron chi connectivity index (χ4n) is 1.70. The molecule has 0 saturated carbocycles. The summed E-state index contributed by atoms with van der Waals surface area (Å²) in [5.74, 6) is 0.554. The van der Waals surface area contributed by atoms with Crippen molar-refractivity contribution in [2.75, 3.05) is 5.73 Å². The fourth-order valence-corrected chi connectivity index (χ4v) is 2.66. The first-order valence-electron chi connectivity index (χ1n) is 4.62. The van der Waals surface area contributed by atoms with Gasteiger partial charge in [0.1, 0.15) is 0 Å². The predicted octanol–water partition coefficient (Wildman–Crippen LogP) is 2.87. The number of benzene rings is 1. The largest absolute Gasteiger partial charge is 0.382 e. The highest BCUT2D eigenvalue weighted by molar-refractivity contribution is 7.17. The molecule has 0 atom stereocenters. The Balaban J connectivity index is 2.32. The lowest BCUT2D eigenvalue weighted by molar-refractivity contribution is 1.10. The number of aromatic amines is 1. The molecule has 0 aliphatic rings. The van der Waals surface area contributed by atoms with Crippen LogP contribution in [-0.4, -0.2) is 10.2 Å². The number of rotatable bonds is 1. The van der Waals surface area contributed by atoms with Gasteiger partial charge >= 0.3 is 0 Å². The Morgan fingerprint density at radius 3 is 2.87 bits per heavy atom. The summed E-state index contributed by atoms with van der Waals surface area (Å²) in [6.07, 6.45) is 1.84. The van der Waals surface area contributed by atoms with E-state index in [0.717, 1.165) is 11.1 Å². The van der Waals surface area contributed by atoms with Crippen LogP contribution in [0.1, 0.15) is 0 Å². The van der Waals surface area contributed by atoms with Gasteiger partial charge in [-0.2, -0.15) is 5.10 Å². The molecule has 0 bridgehead atoms. The monoisotopic (exact) mass is 215 g/mol. The van der Waals surface area contributed by atoms with Crippen molar-refractivity contribution in [1.82, 2.24) is 10.2 Å². The minimum Gasteiger partial charge on any atom is -0.382 e. The highest BCUT2D eigenvalue weighted by atomic mass is 32.1. The summed E-state index contributed by atoms with van der Waals surface area (Å²) in [5, 5.41) is 10.1. The van der Waals surface area contributed by atoms with Gasteiger partial charge in [0, 0.05) is 27.4 Å². The molecule has 0 radical (unpaired) electrons. The van der Waals surface area contributed by atoms with Gasteiger partial charge in [-0.3, -0.25) is 5.10 Å². The zero-order valence-corrected chi connectivity index (χ0v) is 8.71. The molecule has 74 valence electrons. The summed E-state index contributed by atoms with van der Waals surface area (Å²) < 4.78 is 1.27. The van der Waals surface area contributed by atoms with Crippen molar-refractivity contribution in [3.63, 3.8) is 0 Å². The number of anilines is 1. The number of hydrogen-bond acceptors (Lipinski definition) is 3. The lowest BCUT2D eigenvalue weighted by atomic mass is 10.1. The van der Waals surface area contributed by atoms with E-state index in [-0.39, 0.29) is 0 Å².